The maximum atomic E-state index is 13.8. The Morgan fingerprint density at radius 3 is 2.23 bits per heavy atom. The Bertz CT molecular complexity index is 1260. The van der Waals surface area contributed by atoms with Crippen molar-refractivity contribution < 1.29 is 4.79 Å². The molecule has 1 saturated carbocycles. The highest BCUT2D eigenvalue weighted by atomic mass is 35.5. The van der Waals surface area contributed by atoms with Gasteiger partial charge in [0.05, 0.1) is 6.54 Å². The number of halogens is 1. The quantitative estimate of drug-likeness (QED) is 0.263. The molecule has 0 unspecified atom stereocenters. The molecule has 1 aliphatic carbocycles. The summed E-state index contributed by atoms with van der Waals surface area (Å²) >= 11 is 6.43. The molecule has 35 heavy (non-hydrogen) atoms. The molecule has 0 spiro atoms. The van der Waals surface area contributed by atoms with E-state index in [-0.39, 0.29) is 11.9 Å². The summed E-state index contributed by atoms with van der Waals surface area (Å²) in [6.45, 7) is 1.29. The van der Waals surface area contributed by atoms with E-state index in [2.05, 4.69) is 58.1 Å². The zero-order valence-electron chi connectivity index (χ0n) is 19.9. The lowest BCUT2D eigenvalue weighted by molar-refractivity contribution is 0.0608. The zero-order valence-corrected chi connectivity index (χ0v) is 20.7. The fraction of sp³-hybridized carbons (Fsp3) is 0.258. The van der Waals surface area contributed by atoms with Gasteiger partial charge in [-0.1, -0.05) is 91.5 Å². The number of carbonyl (C=O) groups excluding carboxylic acids is 1. The van der Waals surface area contributed by atoms with Gasteiger partial charge in [0.15, 0.2) is 0 Å². The number of nitrogens with zero attached hydrogens (tertiary/aromatic N) is 2. The van der Waals surface area contributed by atoms with Crippen LogP contribution in [0.1, 0.15) is 53.7 Å². The normalized spacial score (nSPS) is 14.1. The van der Waals surface area contributed by atoms with Crippen LogP contribution in [0.4, 0.5) is 0 Å². The Morgan fingerprint density at radius 1 is 0.800 bits per heavy atom. The molecule has 1 aromatic heterocycles. The van der Waals surface area contributed by atoms with Crippen molar-refractivity contribution >= 4 is 17.5 Å². The first-order valence-electron chi connectivity index (χ1n) is 12.5. The summed E-state index contributed by atoms with van der Waals surface area (Å²) in [6, 6.07) is 30.8. The van der Waals surface area contributed by atoms with Gasteiger partial charge in [0.1, 0.15) is 0 Å². The van der Waals surface area contributed by atoms with Crippen LogP contribution < -0.4 is 0 Å². The first-order valence-corrected chi connectivity index (χ1v) is 12.9. The number of hydrogen-bond acceptors (Lipinski definition) is 1. The highest BCUT2D eigenvalue weighted by Gasteiger charge is 2.27. The van der Waals surface area contributed by atoms with E-state index in [9.17, 15) is 4.79 Å². The number of benzene rings is 3. The largest absolute Gasteiger partial charge is 0.345 e. The molecule has 0 aliphatic heterocycles. The average molecular weight is 483 g/mol. The summed E-state index contributed by atoms with van der Waals surface area (Å²) in [7, 11) is 0. The molecule has 4 heteroatoms. The van der Waals surface area contributed by atoms with Crippen molar-refractivity contribution in [3.8, 4) is 11.1 Å². The first-order chi connectivity index (χ1) is 17.2. The SMILES string of the molecule is O=C(c1ccc(-c2ccccc2)cc1)N(Cc1cccn1Cc1ccccc1Cl)C1CCCCC1. The van der Waals surface area contributed by atoms with E-state index in [1.165, 1.54) is 19.3 Å². The number of amides is 1. The molecule has 0 N–H and O–H groups in total. The van der Waals surface area contributed by atoms with Crippen molar-refractivity contribution in [3.63, 3.8) is 0 Å². The Kier molecular flexibility index (Phi) is 7.34. The summed E-state index contributed by atoms with van der Waals surface area (Å²) in [4.78, 5) is 15.9. The molecule has 3 aromatic carbocycles. The molecule has 0 atom stereocenters. The van der Waals surface area contributed by atoms with Crippen LogP contribution in [0.25, 0.3) is 11.1 Å². The van der Waals surface area contributed by atoms with Crippen molar-refractivity contribution in [1.82, 2.24) is 9.47 Å². The molecule has 3 nitrogen and oxygen atoms in total. The summed E-state index contributed by atoms with van der Waals surface area (Å²) < 4.78 is 2.21. The van der Waals surface area contributed by atoms with Crippen LogP contribution in [0.2, 0.25) is 5.02 Å². The maximum absolute atomic E-state index is 13.8. The van der Waals surface area contributed by atoms with Gasteiger partial charge in [-0.25, -0.2) is 0 Å². The fourth-order valence-electron chi connectivity index (χ4n) is 5.09. The van der Waals surface area contributed by atoms with Gasteiger partial charge in [-0.05, 0) is 59.9 Å². The predicted octanol–water partition coefficient (Wildman–Crippen LogP) is 7.83. The number of hydrogen-bond donors (Lipinski definition) is 0. The molecular formula is C31H31ClN2O. The third-order valence-corrected chi connectivity index (χ3v) is 7.44. The van der Waals surface area contributed by atoms with Crippen molar-refractivity contribution in [2.24, 2.45) is 0 Å². The third-order valence-electron chi connectivity index (χ3n) is 7.07. The number of carbonyl (C=O) groups is 1. The van der Waals surface area contributed by atoms with Gasteiger partial charge in [-0.2, -0.15) is 0 Å². The molecule has 178 valence electrons. The second kappa shape index (κ2) is 11.0. The smallest absolute Gasteiger partial charge is 0.254 e. The van der Waals surface area contributed by atoms with Crippen LogP contribution in [-0.2, 0) is 13.1 Å². The van der Waals surface area contributed by atoms with E-state index in [1.807, 2.05) is 48.5 Å². The van der Waals surface area contributed by atoms with E-state index in [1.54, 1.807) is 0 Å². The number of rotatable bonds is 7. The molecule has 0 bridgehead atoms. The Labute approximate surface area is 213 Å². The summed E-state index contributed by atoms with van der Waals surface area (Å²) in [5, 5.41) is 0.769. The number of aromatic nitrogens is 1. The molecule has 1 heterocycles. The van der Waals surface area contributed by atoms with Crippen LogP contribution in [0.15, 0.2) is 97.2 Å². The minimum Gasteiger partial charge on any atom is -0.345 e. The molecule has 0 radical (unpaired) electrons. The highest BCUT2D eigenvalue weighted by molar-refractivity contribution is 6.31. The molecule has 0 saturated heterocycles. The highest BCUT2D eigenvalue weighted by Crippen LogP contribution is 2.27. The van der Waals surface area contributed by atoms with E-state index < -0.39 is 0 Å². The van der Waals surface area contributed by atoms with Crippen LogP contribution in [0, 0.1) is 0 Å². The second-order valence-electron chi connectivity index (χ2n) is 9.39. The Balaban J connectivity index is 1.39. The van der Waals surface area contributed by atoms with E-state index in [0.29, 0.717) is 13.1 Å². The second-order valence-corrected chi connectivity index (χ2v) is 9.79. The van der Waals surface area contributed by atoms with E-state index in [0.717, 1.165) is 45.8 Å². The average Bonchev–Trinajstić information content (AvgIpc) is 3.36. The predicted molar refractivity (Wildman–Crippen MR) is 144 cm³/mol. The van der Waals surface area contributed by atoms with Crippen molar-refractivity contribution in [2.75, 3.05) is 0 Å². The van der Waals surface area contributed by atoms with Gasteiger partial charge in [-0.3, -0.25) is 4.79 Å². The van der Waals surface area contributed by atoms with Gasteiger partial charge in [-0.15, -0.1) is 0 Å². The molecule has 4 aromatic rings. The van der Waals surface area contributed by atoms with Crippen molar-refractivity contribution in [3.05, 3.63) is 119 Å². The Morgan fingerprint density at radius 2 is 1.49 bits per heavy atom. The molecule has 5 rings (SSSR count). The summed E-state index contributed by atoms with van der Waals surface area (Å²) in [5.41, 5.74) is 5.25. The summed E-state index contributed by atoms with van der Waals surface area (Å²) in [6.07, 6.45) is 7.84. The van der Waals surface area contributed by atoms with Gasteiger partial charge in [0.25, 0.3) is 5.91 Å². The minimum absolute atomic E-state index is 0.113. The van der Waals surface area contributed by atoms with Crippen LogP contribution in [-0.4, -0.2) is 21.4 Å². The van der Waals surface area contributed by atoms with Gasteiger partial charge >= 0.3 is 0 Å². The Hall–Kier alpha value is -3.30. The summed E-state index contributed by atoms with van der Waals surface area (Å²) in [5.74, 6) is 0.113. The molecule has 1 fully saturated rings. The first kappa shape index (κ1) is 23.4. The monoisotopic (exact) mass is 482 g/mol. The van der Waals surface area contributed by atoms with E-state index in [4.69, 9.17) is 11.6 Å². The fourth-order valence-corrected chi connectivity index (χ4v) is 5.29. The maximum Gasteiger partial charge on any atom is 0.254 e. The lowest BCUT2D eigenvalue weighted by Crippen LogP contribution is -2.41. The molecule has 1 aliphatic rings. The lowest BCUT2D eigenvalue weighted by atomic mass is 9.93. The minimum atomic E-state index is 0.113. The van der Waals surface area contributed by atoms with Crippen LogP contribution in [0.3, 0.4) is 0 Å². The van der Waals surface area contributed by atoms with Crippen LogP contribution >= 0.6 is 11.6 Å². The third kappa shape index (κ3) is 5.52. The molecule has 1 amide bonds. The standard InChI is InChI=1S/C31H31ClN2O/c32-30-16-8-7-12-27(30)22-33-21-9-15-29(33)23-34(28-13-5-2-6-14-28)31(35)26-19-17-25(18-20-26)24-10-3-1-4-11-24/h1,3-4,7-12,15-21,28H,2,5-6,13-14,22-23H2. The topological polar surface area (TPSA) is 25.2 Å². The van der Waals surface area contributed by atoms with Crippen LogP contribution in [0.5, 0.6) is 0 Å². The van der Waals surface area contributed by atoms with Crippen molar-refractivity contribution in [1.29, 1.82) is 0 Å². The van der Waals surface area contributed by atoms with Gasteiger partial charge in [0.2, 0.25) is 0 Å². The van der Waals surface area contributed by atoms with E-state index >= 15 is 0 Å². The van der Waals surface area contributed by atoms with Gasteiger partial charge in [0, 0.05) is 35.1 Å². The van der Waals surface area contributed by atoms with Gasteiger partial charge < -0.3 is 9.47 Å². The molecular weight excluding hydrogens is 452 g/mol. The zero-order chi connectivity index (χ0) is 24.0. The van der Waals surface area contributed by atoms with Crippen molar-refractivity contribution in [2.45, 2.75) is 51.2 Å². The lowest BCUT2D eigenvalue weighted by Gasteiger charge is -2.35.